The van der Waals surface area contributed by atoms with E-state index in [4.69, 9.17) is 5.11 Å². The van der Waals surface area contributed by atoms with Gasteiger partial charge in [-0.1, -0.05) is 19.4 Å². The minimum atomic E-state index is -3.50. The number of nitrogens with one attached hydrogen (secondary N) is 1. The van der Waals surface area contributed by atoms with Crippen molar-refractivity contribution in [3.8, 4) is 0 Å². The topological polar surface area (TPSA) is 79.3 Å². The molecule has 0 aliphatic rings. The van der Waals surface area contributed by atoms with Crippen molar-refractivity contribution in [1.29, 1.82) is 0 Å². The zero-order valence-electron chi connectivity index (χ0n) is 9.18. The lowest BCUT2D eigenvalue weighted by molar-refractivity contribution is 0.281. The molecular weight excluding hydrogens is 228 g/mol. The Kier molecular flexibility index (Phi) is 4.85. The SMILES string of the molecule is CCCCNS(=O)(=O)c1ccc(CO)cn1. The monoisotopic (exact) mass is 244 g/mol. The average Bonchev–Trinajstić information content (AvgIpc) is 2.29. The Bertz CT molecular complexity index is 414. The van der Waals surface area contributed by atoms with E-state index in [1.807, 2.05) is 6.92 Å². The molecule has 0 unspecified atom stereocenters. The van der Waals surface area contributed by atoms with Crippen LogP contribution in [-0.2, 0) is 16.6 Å². The molecule has 1 aromatic heterocycles. The third kappa shape index (κ3) is 3.55. The molecule has 0 aliphatic carbocycles. The van der Waals surface area contributed by atoms with E-state index in [1.54, 1.807) is 6.07 Å². The fraction of sp³-hybridized carbons (Fsp3) is 0.500. The highest BCUT2D eigenvalue weighted by Crippen LogP contribution is 2.06. The average molecular weight is 244 g/mol. The normalized spacial score (nSPS) is 11.6. The van der Waals surface area contributed by atoms with Crippen molar-refractivity contribution < 1.29 is 13.5 Å². The van der Waals surface area contributed by atoms with Crippen LogP contribution in [0.1, 0.15) is 25.3 Å². The molecule has 0 bridgehead atoms. The van der Waals surface area contributed by atoms with Gasteiger partial charge in [0.25, 0.3) is 10.0 Å². The second-order valence-electron chi connectivity index (χ2n) is 3.41. The summed E-state index contributed by atoms with van der Waals surface area (Å²) in [6.45, 7) is 2.27. The van der Waals surface area contributed by atoms with Gasteiger partial charge in [-0.3, -0.25) is 0 Å². The lowest BCUT2D eigenvalue weighted by atomic mass is 10.3. The van der Waals surface area contributed by atoms with Crippen LogP contribution in [-0.4, -0.2) is 25.1 Å². The first-order valence-electron chi connectivity index (χ1n) is 5.15. The van der Waals surface area contributed by atoms with Crippen LogP contribution < -0.4 is 4.72 Å². The molecule has 0 spiro atoms. The first kappa shape index (κ1) is 13.1. The predicted octanol–water partition coefficient (Wildman–Crippen LogP) is 0.652. The molecule has 0 fully saturated rings. The number of hydrogen-bond acceptors (Lipinski definition) is 4. The molecular formula is C10H16N2O3S. The molecule has 1 rings (SSSR count). The second kappa shape index (κ2) is 5.93. The molecule has 5 nitrogen and oxygen atoms in total. The van der Waals surface area contributed by atoms with Gasteiger partial charge in [0.2, 0.25) is 0 Å². The number of pyridine rings is 1. The van der Waals surface area contributed by atoms with Crippen LogP contribution in [0.5, 0.6) is 0 Å². The fourth-order valence-corrected chi connectivity index (χ4v) is 2.12. The summed E-state index contributed by atoms with van der Waals surface area (Å²) in [6, 6.07) is 2.93. The number of unbranched alkanes of at least 4 members (excludes halogenated alkanes) is 1. The van der Waals surface area contributed by atoms with E-state index in [1.165, 1.54) is 12.3 Å². The van der Waals surface area contributed by atoms with E-state index < -0.39 is 10.0 Å². The standard InChI is InChI=1S/C10H16N2O3S/c1-2-3-6-12-16(14,15)10-5-4-9(8-13)7-11-10/h4-5,7,12-13H,2-3,6,8H2,1H3. The number of nitrogens with zero attached hydrogens (tertiary/aromatic N) is 1. The van der Waals surface area contributed by atoms with Gasteiger partial charge in [-0.05, 0) is 18.1 Å². The van der Waals surface area contributed by atoms with Gasteiger partial charge in [0, 0.05) is 12.7 Å². The Hall–Kier alpha value is -0.980. The summed E-state index contributed by atoms with van der Waals surface area (Å²) in [5, 5.41) is 8.79. The second-order valence-corrected chi connectivity index (χ2v) is 5.13. The predicted molar refractivity (Wildman–Crippen MR) is 60.3 cm³/mol. The van der Waals surface area contributed by atoms with Gasteiger partial charge in [0.1, 0.15) is 0 Å². The van der Waals surface area contributed by atoms with E-state index in [9.17, 15) is 8.42 Å². The quantitative estimate of drug-likeness (QED) is 0.720. The zero-order chi connectivity index (χ0) is 12.0. The molecule has 0 amide bonds. The zero-order valence-corrected chi connectivity index (χ0v) is 10.00. The number of aromatic nitrogens is 1. The van der Waals surface area contributed by atoms with E-state index >= 15 is 0 Å². The Morgan fingerprint density at radius 1 is 1.44 bits per heavy atom. The molecule has 0 atom stereocenters. The molecule has 0 radical (unpaired) electrons. The van der Waals surface area contributed by atoms with Gasteiger partial charge in [-0.2, -0.15) is 0 Å². The van der Waals surface area contributed by atoms with Gasteiger partial charge in [0.15, 0.2) is 5.03 Å². The molecule has 1 heterocycles. The third-order valence-corrected chi connectivity index (χ3v) is 3.45. The molecule has 0 saturated carbocycles. The van der Waals surface area contributed by atoms with Crippen molar-refractivity contribution in [1.82, 2.24) is 9.71 Å². The summed E-state index contributed by atoms with van der Waals surface area (Å²) in [7, 11) is -3.50. The number of sulfonamides is 1. The highest BCUT2D eigenvalue weighted by Gasteiger charge is 2.14. The van der Waals surface area contributed by atoms with Crippen molar-refractivity contribution in [2.75, 3.05) is 6.54 Å². The summed E-state index contributed by atoms with van der Waals surface area (Å²) in [4.78, 5) is 3.79. The maximum absolute atomic E-state index is 11.7. The van der Waals surface area contributed by atoms with Crippen LogP contribution in [0.4, 0.5) is 0 Å². The van der Waals surface area contributed by atoms with Gasteiger partial charge in [0.05, 0.1) is 6.61 Å². The van der Waals surface area contributed by atoms with E-state index in [0.29, 0.717) is 12.1 Å². The van der Waals surface area contributed by atoms with Crippen molar-refractivity contribution in [2.45, 2.75) is 31.4 Å². The minimum absolute atomic E-state index is 0.0131. The van der Waals surface area contributed by atoms with Crippen molar-refractivity contribution in [3.63, 3.8) is 0 Å². The Morgan fingerprint density at radius 3 is 2.69 bits per heavy atom. The van der Waals surface area contributed by atoms with Crippen LogP contribution in [0, 0.1) is 0 Å². The molecule has 0 aromatic carbocycles. The molecule has 90 valence electrons. The lowest BCUT2D eigenvalue weighted by Crippen LogP contribution is -2.25. The van der Waals surface area contributed by atoms with Crippen molar-refractivity contribution >= 4 is 10.0 Å². The van der Waals surface area contributed by atoms with Gasteiger partial charge < -0.3 is 5.11 Å². The van der Waals surface area contributed by atoms with Crippen LogP contribution >= 0.6 is 0 Å². The van der Waals surface area contributed by atoms with Crippen LogP contribution in [0.2, 0.25) is 0 Å². The van der Waals surface area contributed by atoms with E-state index in [2.05, 4.69) is 9.71 Å². The van der Waals surface area contributed by atoms with Crippen molar-refractivity contribution in [2.24, 2.45) is 0 Å². The first-order chi connectivity index (χ1) is 7.60. The summed E-state index contributed by atoms with van der Waals surface area (Å²) >= 11 is 0. The van der Waals surface area contributed by atoms with Gasteiger partial charge in [-0.25, -0.2) is 18.1 Å². The smallest absolute Gasteiger partial charge is 0.258 e. The number of hydrogen-bond donors (Lipinski definition) is 2. The molecule has 16 heavy (non-hydrogen) atoms. The Labute approximate surface area is 95.6 Å². The number of aliphatic hydroxyl groups is 1. The highest BCUT2D eigenvalue weighted by atomic mass is 32.2. The van der Waals surface area contributed by atoms with E-state index in [-0.39, 0.29) is 11.6 Å². The summed E-state index contributed by atoms with van der Waals surface area (Å²) in [6.07, 6.45) is 3.09. The van der Waals surface area contributed by atoms with E-state index in [0.717, 1.165) is 12.8 Å². The fourth-order valence-electron chi connectivity index (χ4n) is 1.12. The van der Waals surface area contributed by atoms with Crippen molar-refractivity contribution in [3.05, 3.63) is 23.9 Å². The molecule has 1 aromatic rings. The number of aliphatic hydroxyl groups excluding tert-OH is 1. The number of rotatable bonds is 6. The third-order valence-electron chi connectivity index (χ3n) is 2.08. The van der Waals surface area contributed by atoms with Crippen LogP contribution in [0.3, 0.4) is 0 Å². The molecule has 0 saturated heterocycles. The minimum Gasteiger partial charge on any atom is -0.392 e. The largest absolute Gasteiger partial charge is 0.392 e. The first-order valence-corrected chi connectivity index (χ1v) is 6.64. The van der Waals surface area contributed by atoms with Crippen LogP contribution in [0.25, 0.3) is 0 Å². The summed E-state index contributed by atoms with van der Waals surface area (Å²) in [5.41, 5.74) is 0.590. The lowest BCUT2D eigenvalue weighted by Gasteiger charge is -2.05. The molecule has 6 heteroatoms. The maximum Gasteiger partial charge on any atom is 0.258 e. The van der Waals surface area contributed by atoms with Crippen LogP contribution in [0.15, 0.2) is 23.4 Å². The summed E-state index contributed by atoms with van der Waals surface area (Å²) in [5.74, 6) is 0. The maximum atomic E-state index is 11.7. The highest BCUT2D eigenvalue weighted by molar-refractivity contribution is 7.89. The van der Waals surface area contributed by atoms with Gasteiger partial charge >= 0.3 is 0 Å². The van der Waals surface area contributed by atoms with Gasteiger partial charge in [-0.15, -0.1) is 0 Å². The molecule has 2 N–H and O–H groups in total. The Morgan fingerprint density at radius 2 is 2.19 bits per heavy atom. The molecule has 0 aliphatic heterocycles. The summed E-state index contributed by atoms with van der Waals surface area (Å²) < 4.78 is 25.8. The Balaban J connectivity index is 2.74.